The van der Waals surface area contributed by atoms with Gasteiger partial charge in [0.15, 0.2) is 11.5 Å². The monoisotopic (exact) mass is 408 g/mol. The van der Waals surface area contributed by atoms with Crippen molar-refractivity contribution in [3.05, 3.63) is 64.0 Å². The minimum Gasteiger partial charge on any atom is -0.346 e. The van der Waals surface area contributed by atoms with Crippen LogP contribution in [0.15, 0.2) is 42.6 Å². The fourth-order valence-electron chi connectivity index (χ4n) is 2.71. The SMILES string of the molecule is CSCC[C@@H](NC(=O)Cc1c(Cl)cccc1Cl)c1nnc2ccccn12. The third-order valence-corrected chi connectivity index (χ3v) is 5.35. The van der Waals surface area contributed by atoms with Crippen molar-refractivity contribution in [2.45, 2.75) is 18.9 Å². The summed E-state index contributed by atoms with van der Waals surface area (Å²) < 4.78 is 1.90. The van der Waals surface area contributed by atoms with Gasteiger partial charge in [-0.3, -0.25) is 9.20 Å². The van der Waals surface area contributed by atoms with E-state index < -0.39 is 0 Å². The molecule has 2 heterocycles. The van der Waals surface area contributed by atoms with Gasteiger partial charge in [-0.15, -0.1) is 10.2 Å². The Morgan fingerprint density at radius 3 is 2.69 bits per heavy atom. The second kappa shape index (κ2) is 8.75. The van der Waals surface area contributed by atoms with Crippen LogP contribution in [0, 0.1) is 0 Å². The maximum atomic E-state index is 12.6. The molecule has 3 rings (SSSR count). The summed E-state index contributed by atoms with van der Waals surface area (Å²) in [7, 11) is 0. The zero-order valence-corrected chi connectivity index (χ0v) is 16.5. The fourth-order valence-corrected chi connectivity index (χ4v) is 3.71. The van der Waals surface area contributed by atoms with E-state index >= 15 is 0 Å². The first kappa shape index (κ1) is 19.0. The van der Waals surface area contributed by atoms with Gasteiger partial charge in [-0.25, -0.2) is 0 Å². The first-order valence-corrected chi connectivity index (χ1v) is 10.3. The molecule has 3 aromatic rings. The summed E-state index contributed by atoms with van der Waals surface area (Å²) >= 11 is 14.1. The van der Waals surface area contributed by atoms with E-state index in [1.165, 1.54) is 0 Å². The van der Waals surface area contributed by atoms with E-state index in [0.29, 0.717) is 21.4 Å². The van der Waals surface area contributed by atoms with E-state index in [0.717, 1.165) is 17.8 Å². The molecule has 1 N–H and O–H groups in total. The van der Waals surface area contributed by atoms with E-state index in [1.54, 1.807) is 30.0 Å². The Morgan fingerprint density at radius 1 is 1.19 bits per heavy atom. The van der Waals surface area contributed by atoms with Gasteiger partial charge in [-0.1, -0.05) is 35.3 Å². The summed E-state index contributed by atoms with van der Waals surface area (Å²) in [6.45, 7) is 0. The lowest BCUT2D eigenvalue weighted by atomic mass is 10.1. The molecular weight excluding hydrogens is 391 g/mol. The van der Waals surface area contributed by atoms with Crippen LogP contribution in [0.4, 0.5) is 0 Å². The van der Waals surface area contributed by atoms with Crippen LogP contribution in [0.1, 0.15) is 23.9 Å². The number of aromatic nitrogens is 3. The van der Waals surface area contributed by atoms with Crippen LogP contribution in [0.2, 0.25) is 10.0 Å². The molecule has 0 aliphatic heterocycles. The average molecular weight is 409 g/mol. The molecule has 0 radical (unpaired) electrons. The Morgan fingerprint density at radius 2 is 1.96 bits per heavy atom. The highest BCUT2D eigenvalue weighted by atomic mass is 35.5. The van der Waals surface area contributed by atoms with Gasteiger partial charge in [-0.2, -0.15) is 11.8 Å². The number of halogens is 2. The van der Waals surface area contributed by atoms with Crippen LogP contribution in [0.3, 0.4) is 0 Å². The lowest BCUT2D eigenvalue weighted by Gasteiger charge is -2.17. The molecule has 1 amide bonds. The number of fused-ring (bicyclic) bond motifs is 1. The zero-order valence-electron chi connectivity index (χ0n) is 14.2. The second-order valence-corrected chi connectivity index (χ2v) is 7.57. The number of hydrogen-bond acceptors (Lipinski definition) is 4. The Hall–Kier alpha value is -1.76. The molecule has 0 bridgehead atoms. The molecule has 0 aliphatic rings. The number of pyridine rings is 1. The summed E-state index contributed by atoms with van der Waals surface area (Å²) in [6, 6.07) is 10.7. The Labute approximate surface area is 166 Å². The second-order valence-electron chi connectivity index (χ2n) is 5.77. The molecule has 0 saturated heterocycles. The Kier molecular flexibility index (Phi) is 6.40. The number of benzene rings is 1. The van der Waals surface area contributed by atoms with Crippen molar-refractivity contribution in [1.29, 1.82) is 0 Å². The first-order valence-electron chi connectivity index (χ1n) is 8.11. The number of thioether (sulfide) groups is 1. The minimum atomic E-state index is -0.242. The van der Waals surface area contributed by atoms with Crippen LogP contribution < -0.4 is 5.32 Å². The van der Waals surface area contributed by atoms with Crippen molar-refractivity contribution in [2.24, 2.45) is 0 Å². The summed E-state index contributed by atoms with van der Waals surface area (Å²) in [4.78, 5) is 12.6. The van der Waals surface area contributed by atoms with Crippen LogP contribution in [-0.4, -0.2) is 32.5 Å². The molecular formula is C18H18Cl2N4OS. The number of amides is 1. The molecule has 5 nitrogen and oxygen atoms in total. The van der Waals surface area contributed by atoms with Gasteiger partial charge in [0, 0.05) is 16.2 Å². The lowest BCUT2D eigenvalue weighted by molar-refractivity contribution is -0.121. The Bertz CT molecular complexity index is 895. The van der Waals surface area contributed by atoms with E-state index in [4.69, 9.17) is 23.2 Å². The summed E-state index contributed by atoms with van der Waals surface area (Å²) in [5.74, 6) is 1.45. The molecule has 136 valence electrons. The van der Waals surface area contributed by atoms with Crippen molar-refractivity contribution in [2.75, 3.05) is 12.0 Å². The number of carbonyl (C=O) groups is 1. The fraction of sp³-hybridized carbons (Fsp3) is 0.278. The van der Waals surface area contributed by atoms with Gasteiger partial charge in [0.2, 0.25) is 5.91 Å². The number of rotatable bonds is 7. The van der Waals surface area contributed by atoms with Crippen molar-refractivity contribution in [1.82, 2.24) is 19.9 Å². The minimum absolute atomic E-state index is 0.116. The summed E-state index contributed by atoms with van der Waals surface area (Å²) in [6.07, 6.45) is 4.79. The zero-order chi connectivity index (χ0) is 18.5. The molecule has 0 saturated carbocycles. The van der Waals surface area contributed by atoms with Crippen molar-refractivity contribution >= 4 is 46.5 Å². The molecule has 26 heavy (non-hydrogen) atoms. The maximum Gasteiger partial charge on any atom is 0.225 e. The standard InChI is InChI=1S/C18H18Cl2N4OS/c1-26-10-8-15(18-23-22-16-7-2-3-9-24(16)18)21-17(25)11-12-13(19)5-4-6-14(12)20/h2-7,9,15H,8,10-11H2,1H3,(H,21,25)/t15-/m1/s1. The Balaban J connectivity index is 1.81. The predicted molar refractivity (Wildman–Crippen MR) is 107 cm³/mol. The normalized spacial score (nSPS) is 12.3. The van der Waals surface area contributed by atoms with Crippen LogP contribution in [0.5, 0.6) is 0 Å². The highest BCUT2D eigenvalue weighted by Gasteiger charge is 2.21. The molecule has 0 aliphatic carbocycles. The lowest BCUT2D eigenvalue weighted by Crippen LogP contribution is -2.31. The summed E-state index contributed by atoms with van der Waals surface area (Å²) in [5, 5.41) is 12.5. The average Bonchev–Trinajstić information content (AvgIpc) is 3.06. The number of hydrogen-bond donors (Lipinski definition) is 1. The molecule has 8 heteroatoms. The van der Waals surface area contributed by atoms with E-state index in [1.807, 2.05) is 35.1 Å². The number of carbonyl (C=O) groups excluding carboxylic acids is 1. The number of nitrogens with one attached hydrogen (secondary N) is 1. The largest absolute Gasteiger partial charge is 0.346 e. The van der Waals surface area contributed by atoms with Crippen molar-refractivity contribution in [3.8, 4) is 0 Å². The van der Waals surface area contributed by atoms with E-state index in [9.17, 15) is 4.79 Å². The van der Waals surface area contributed by atoms with Crippen molar-refractivity contribution in [3.63, 3.8) is 0 Å². The quantitative estimate of drug-likeness (QED) is 0.636. The van der Waals surface area contributed by atoms with E-state index in [2.05, 4.69) is 15.5 Å². The van der Waals surface area contributed by atoms with Crippen molar-refractivity contribution < 1.29 is 4.79 Å². The first-order chi connectivity index (χ1) is 12.6. The number of nitrogens with zero attached hydrogens (tertiary/aromatic N) is 3. The highest BCUT2D eigenvalue weighted by molar-refractivity contribution is 7.98. The molecule has 0 fully saturated rings. The predicted octanol–water partition coefficient (Wildman–Crippen LogP) is 4.19. The molecule has 2 aromatic heterocycles. The van der Waals surface area contributed by atoms with E-state index in [-0.39, 0.29) is 18.4 Å². The summed E-state index contributed by atoms with van der Waals surface area (Å²) in [5.41, 5.74) is 1.38. The smallest absolute Gasteiger partial charge is 0.225 e. The van der Waals surface area contributed by atoms with Crippen LogP contribution in [0.25, 0.3) is 5.65 Å². The van der Waals surface area contributed by atoms with Gasteiger partial charge in [0.1, 0.15) is 0 Å². The van der Waals surface area contributed by atoms with Gasteiger partial charge < -0.3 is 5.32 Å². The third-order valence-electron chi connectivity index (χ3n) is 4.00. The van der Waals surface area contributed by atoms with Gasteiger partial charge in [0.25, 0.3) is 0 Å². The molecule has 1 atom stereocenters. The van der Waals surface area contributed by atoms with Crippen LogP contribution in [-0.2, 0) is 11.2 Å². The van der Waals surface area contributed by atoms with Gasteiger partial charge in [-0.05, 0) is 48.3 Å². The maximum absolute atomic E-state index is 12.6. The topological polar surface area (TPSA) is 59.3 Å². The molecule has 0 unspecified atom stereocenters. The molecule has 0 spiro atoms. The van der Waals surface area contributed by atoms with Crippen LogP contribution >= 0.6 is 35.0 Å². The third kappa shape index (κ3) is 4.31. The molecule has 1 aromatic carbocycles. The highest BCUT2D eigenvalue weighted by Crippen LogP contribution is 2.25. The van der Waals surface area contributed by atoms with Gasteiger partial charge >= 0.3 is 0 Å². The van der Waals surface area contributed by atoms with Gasteiger partial charge in [0.05, 0.1) is 12.5 Å².